The Labute approximate surface area is 103 Å². The Hall–Kier alpha value is -1.62. The van der Waals surface area contributed by atoms with Crippen LogP contribution in [0.2, 0.25) is 0 Å². The fourth-order valence-corrected chi connectivity index (χ4v) is 2.58. The van der Waals surface area contributed by atoms with Gasteiger partial charge in [0.25, 0.3) is 5.91 Å². The zero-order valence-electron chi connectivity index (χ0n) is 9.18. The van der Waals surface area contributed by atoms with Crippen LogP contribution in [0.5, 0.6) is 0 Å². The molecule has 2 aromatic rings. The van der Waals surface area contributed by atoms with Crippen LogP contribution in [0, 0.1) is 0 Å². The van der Waals surface area contributed by atoms with Crippen molar-refractivity contribution in [3.05, 3.63) is 40.2 Å². The molecular weight excluding hydrogens is 236 g/mol. The molecule has 2 heterocycles. The summed E-state index contributed by atoms with van der Waals surface area (Å²) in [5.74, 6) is 0.813. The second kappa shape index (κ2) is 4.33. The van der Waals surface area contributed by atoms with E-state index < -0.39 is 0 Å². The van der Waals surface area contributed by atoms with Crippen LogP contribution in [0.25, 0.3) is 0 Å². The first kappa shape index (κ1) is 10.5. The summed E-state index contributed by atoms with van der Waals surface area (Å²) in [7, 11) is 0. The lowest BCUT2D eigenvalue weighted by Crippen LogP contribution is -2.22. The third-order valence-electron chi connectivity index (χ3n) is 2.67. The SMILES string of the molecule is O=C(NCc1csc(C2CC2)n1)c1ccco1. The second-order valence-electron chi connectivity index (χ2n) is 4.11. The molecule has 0 aromatic carbocycles. The van der Waals surface area contributed by atoms with Gasteiger partial charge in [-0.05, 0) is 25.0 Å². The van der Waals surface area contributed by atoms with E-state index in [0.29, 0.717) is 18.2 Å². The molecule has 0 atom stereocenters. The highest BCUT2D eigenvalue weighted by atomic mass is 32.1. The lowest BCUT2D eigenvalue weighted by atomic mass is 10.4. The second-order valence-corrected chi connectivity index (χ2v) is 5.00. The summed E-state index contributed by atoms with van der Waals surface area (Å²) in [6.45, 7) is 0.461. The van der Waals surface area contributed by atoms with Crippen LogP contribution in [0.15, 0.2) is 28.2 Å². The van der Waals surface area contributed by atoms with Gasteiger partial charge in [0.05, 0.1) is 23.5 Å². The zero-order chi connectivity index (χ0) is 11.7. The first-order valence-electron chi connectivity index (χ1n) is 5.59. The maximum absolute atomic E-state index is 11.6. The molecular formula is C12H12N2O2S. The van der Waals surface area contributed by atoms with Gasteiger partial charge in [-0.1, -0.05) is 0 Å². The maximum atomic E-state index is 11.6. The molecule has 0 aliphatic heterocycles. The smallest absolute Gasteiger partial charge is 0.287 e. The van der Waals surface area contributed by atoms with Crippen molar-refractivity contribution in [1.29, 1.82) is 0 Å². The number of nitrogens with one attached hydrogen (secondary N) is 1. The van der Waals surface area contributed by atoms with Crippen molar-refractivity contribution in [3.63, 3.8) is 0 Å². The van der Waals surface area contributed by atoms with Gasteiger partial charge in [-0.15, -0.1) is 11.3 Å². The van der Waals surface area contributed by atoms with Crippen molar-refractivity contribution in [2.75, 3.05) is 0 Å². The minimum atomic E-state index is -0.198. The molecule has 1 aliphatic carbocycles. The molecule has 3 rings (SSSR count). The van der Waals surface area contributed by atoms with E-state index in [1.54, 1.807) is 23.5 Å². The zero-order valence-corrected chi connectivity index (χ0v) is 10.00. The van der Waals surface area contributed by atoms with E-state index in [1.165, 1.54) is 24.1 Å². The molecule has 2 aromatic heterocycles. The third-order valence-corrected chi connectivity index (χ3v) is 3.73. The Balaban J connectivity index is 1.58. The van der Waals surface area contributed by atoms with E-state index in [-0.39, 0.29) is 5.91 Å². The molecule has 17 heavy (non-hydrogen) atoms. The van der Waals surface area contributed by atoms with Crippen LogP contribution in [-0.2, 0) is 6.54 Å². The summed E-state index contributed by atoms with van der Waals surface area (Å²) in [5, 5.41) is 6.00. The third kappa shape index (κ3) is 2.39. The van der Waals surface area contributed by atoms with Crippen molar-refractivity contribution in [1.82, 2.24) is 10.3 Å². The summed E-state index contributed by atoms with van der Waals surface area (Å²) in [6, 6.07) is 3.34. The fourth-order valence-electron chi connectivity index (χ4n) is 1.59. The highest BCUT2D eigenvalue weighted by molar-refractivity contribution is 7.09. The minimum Gasteiger partial charge on any atom is -0.459 e. The molecule has 1 fully saturated rings. The monoisotopic (exact) mass is 248 g/mol. The number of amides is 1. The van der Waals surface area contributed by atoms with Gasteiger partial charge in [0.15, 0.2) is 5.76 Å². The molecule has 0 radical (unpaired) electrons. The maximum Gasteiger partial charge on any atom is 0.287 e. The van der Waals surface area contributed by atoms with Crippen molar-refractivity contribution in [3.8, 4) is 0 Å². The quantitative estimate of drug-likeness (QED) is 0.904. The first-order chi connectivity index (χ1) is 8.33. The number of hydrogen-bond acceptors (Lipinski definition) is 4. The van der Waals surface area contributed by atoms with Crippen molar-refractivity contribution in [2.24, 2.45) is 0 Å². The van der Waals surface area contributed by atoms with Gasteiger partial charge < -0.3 is 9.73 Å². The summed E-state index contributed by atoms with van der Waals surface area (Å²) >= 11 is 1.68. The fraction of sp³-hybridized carbons (Fsp3) is 0.333. The standard InChI is InChI=1S/C12H12N2O2S/c15-11(10-2-1-5-16-10)13-6-9-7-17-12(14-9)8-3-4-8/h1-2,5,7-8H,3-4,6H2,(H,13,15). The molecule has 0 bridgehead atoms. The van der Waals surface area contributed by atoms with Gasteiger partial charge in [-0.25, -0.2) is 4.98 Å². The van der Waals surface area contributed by atoms with Gasteiger partial charge in [-0.3, -0.25) is 4.79 Å². The Bertz CT molecular complexity index is 514. The lowest BCUT2D eigenvalue weighted by molar-refractivity contribution is 0.0922. The van der Waals surface area contributed by atoms with Crippen molar-refractivity contribution >= 4 is 17.2 Å². The molecule has 1 aliphatic rings. The average molecular weight is 248 g/mol. The van der Waals surface area contributed by atoms with E-state index in [0.717, 1.165) is 5.69 Å². The summed E-state index contributed by atoms with van der Waals surface area (Å²) < 4.78 is 5.01. The molecule has 88 valence electrons. The summed E-state index contributed by atoms with van der Waals surface area (Å²) in [5.41, 5.74) is 0.928. The van der Waals surface area contributed by atoms with Gasteiger partial charge in [-0.2, -0.15) is 0 Å². The van der Waals surface area contributed by atoms with E-state index >= 15 is 0 Å². The minimum absolute atomic E-state index is 0.198. The molecule has 1 N–H and O–H groups in total. The van der Waals surface area contributed by atoms with Crippen molar-refractivity contribution < 1.29 is 9.21 Å². The predicted octanol–water partition coefficient (Wildman–Crippen LogP) is 2.54. The number of aromatic nitrogens is 1. The highest BCUT2D eigenvalue weighted by Crippen LogP contribution is 2.41. The topological polar surface area (TPSA) is 55.1 Å². The van der Waals surface area contributed by atoms with Crippen LogP contribution < -0.4 is 5.32 Å². The van der Waals surface area contributed by atoms with E-state index in [1.807, 2.05) is 5.38 Å². The molecule has 5 heteroatoms. The van der Waals surface area contributed by atoms with E-state index in [2.05, 4.69) is 10.3 Å². The van der Waals surface area contributed by atoms with Crippen molar-refractivity contribution in [2.45, 2.75) is 25.3 Å². The number of furan rings is 1. The Morgan fingerprint density at radius 3 is 3.18 bits per heavy atom. The van der Waals surface area contributed by atoms with E-state index in [4.69, 9.17) is 4.42 Å². The van der Waals surface area contributed by atoms with Crippen LogP contribution in [0.4, 0.5) is 0 Å². The van der Waals surface area contributed by atoms with Gasteiger partial charge >= 0.3 is 0 Å². The molecule has 0 spiro atoms. The number of hydrogen-bond donors (Lipinski definition) is 1. The van der Waals surface area contributed by atoms with Gasteiger partial charge in [0, 0.05) is 11.3 Å². The Morgan fingerprint density at radius 1 is 1.59 bits per heavy atom. The number of carbonyl (C=O) groups excluding carboxylic acids is 1. The van der Waals surface area contributed by atoms with Crippen LogP contribution in [-0.4, -0.2) is 10.9 Å². The largest absolute Gasteiger partial charge is 0.459 e. The van der Waals surface area contributed by atoms with Gasteiger partial charge in [0.1, 0.15) is 0 Å². The summed E-state index contributed by atoms with van der Waals surface area (Å²) in [4.78, 5) is 16.1. The normalized spacial score (nSPS) is 14.8. The average Bonchev–Trinajstić information content (AvgIpc) is 2.88. The van der Waals surface area contributed by atoms with E-state index in [9.17, 15) is 4.79 Å². The Morgan fingerprint density at radius 2 is 2.47 bits per heavy atom. The Kier molecular flexibility index (Phi) is 2.68. The molecule has 4 nitrogen and oxygen atoms in total. The van der Waals surface area contributed by atoms with Crippen LogP contribution in [0.1, 0.15) is 40.0 Å². The first-order valence-corrected chi connectivity index (χ1v) is 6.47. The number of thiazole rings is 1. The predicted molar refractivity (Wildman–Crippen MR) is 64.0 cm³/mol. The highest BCUT2D eigenvalue weighted by Gasteiger charge is 2.26. The molecule has 1 amide bonds. The lowest BCUT2D eigenvalue weighted by Gasteiger charge is -1.99. The number of rotatable bonds is 4. The van der Waals surface area contributed by atoms with Crippen LogP contribution >= 0.6 is 11.3 Å². The van der Waals surface area contributed by atoms with Gasteiger partial charge in [0.2, 0.25) is 0 Å². The number of nitrogens with zero attached hydrogens (tertiary/aromatic N) is 1. The molecule has 0 saturated heterocycles. The molecule has 0 unspecified atom stereocenters. The molecule has 1 saturated carbocycles. The summed E-state index contributed by atoms with van der Waals surface area (Å²) in [6.07, 6.45) is 4.00. The number of carbonyl (C=O) groups is 1. The van der Waals surface area contributed by atoms with Crippen LogP contribution in [0.3, 0.4) is 0 Å².